The molecule has 4 nitrogen and oxygen atoms in total. The summed E-state index contributed by atoms with van der Waals surface area (Å²) < 4.78 is 16.4. The van der Waals surface area contributed by atoms with Gasteiger partial charge in [-0.05, 0) is 42.2 Å². The van der Waals surface area contributed by atoms with Crippen molar-refractivity contribution in [2.24, 2.45) is 0 Å². The zero-order valence-electron chi connectivity index (χ0n) is 14.9. The molecular formula is C22H20O4. The Morgan fingerprint density at radius 1 is 1.00 bits per heavy atom. The minimum Gasteiger partial charge on any atom is -0.497 e. The standard InChI is InChI=1S/C22H20O4/c1-3-4-5-15-10-22(23)26-21-12-20-18(11-17(15)21)19(13-25-20)14-6-8-16(24-2)9-7-14/h6-13H,3-5H2,1-2H3. The third kappa shape index (κ3) is 2.88. The molecule has 4 rings (SSSR count). The van der Waals surface area contributed by atoms with Crippen LogP contribution >= 0.6 is 0 Å². The molecular weight excluding hydrogens is 328 g/mol. The van der Waals surface area contributed by atoms with Crippen LogP contribution in [-0.2, 0) is 6.42 Å². The first-order valence-corrected chi connectivity index (χ1v) is 8.82. The normalized spacial score (nSPS) is 11.3. The molecule has 4 aromatic rings. The Balaban J connectivity index is 1.91. The molecule has 0 spiro atoms. The minimum atomic E-state index is -0.315. The van der Waals surface area contributed by atoms with Crippen LogP contribution in [-0.4, -0.2) is 7.11 Å². The van der Waals surface area contributed by atoms with Crippen LogP contribution in [0.3, 0.4) is 0 Å². The van der Waals surface area contributed by atoms with Gasteiger partial charge in [-0.15, -0.1) is 0 Å². The minimum absolute atomic E-state index is 0.315. The molecule has 0 saturated heterocycles. The lowest BCUT2D eigenvalue weighted by Gasteiger charge is -2.06. The smallest absolute Gasteiger partial charge is 0.336 e. The number of hydrogen-bond acceptors (Lipinski definition) is 4. The van der Waals surface area contributed by atoms with Crippen LogP contribution in [0.25, 0.3) is 33.1 Å². The Labute approximate surface area is 151 Å². The fraction of sp³-hybridized carbons (Fsp3) is 0.227. The number of ether oxygens (including phenoxy) is 1. The van der Waals surface area contributed by atoms with Crippen molar-refractivity contribution in [3.63, 3.8) is 0 Å². The predicted octanol–water partition coefficient (Wildman–Crippen LogP) is 5.56. The van der Waals surface area contributed by atoms with Crippen molar-refractivity contribution in [2.75, 3.05) is 7.11 Å². The van der Waals surface area contributed by atoms with E-state index in [0.29, 0.717) is 11.2 Å². The molecule has 0 aliphatic heterocycles. The van der Waals surface area contributed by atoms with Crippen molar-refractivity contribution in [1.29, 1.82) is 0 Å². The van der Waals surface area contributed by atoms with E-state index in [1.165, 1.54) is 0 Å². The molecule has 0 amide bonds. The van der Waals surface area contributed by atoms with Crippen LogP contribution in [0.1, 0.15) is 25.3 Å². The molecule has 132 valence electrons. The van der Waals surface area contributed by atoms with E-state index in [-0.39, 0.29) is 5.63 Å². The fourth-order valence-electron chi connectivity index (χ4n) is 3.32. The van der Waals surface area contributed by atoms with E-state index < -0.39 is 0 Å². The van der Waals surface area contributed by atoms with Crippen LogP contribution in [0.2, 0.25) is 0 Å². The molecule has 2 aromatic heterocycles. The number of furan rings is 1. The quantitative estimate of drug-likeness (QED) is 0.443. The number of unbranched alkanes of at least 4 members (excludes halogenated alkanes) is 1. The van der Waals surface area contributed by atoms with Gasteiger partial charge in [0.25, 0.3) is 0 Å². The van der Waals surface area contributed by atoms with Crippen LogP contribution in [0, 0.1) is 0 Å². The SMILES string of the molecule is CCCCc1cc(=O)oc2cc3occ(-c4ccc(OC)cc4)c3cc12. The molecule has 0 fully saturated rings. The van der Waals surface area contributed by atoms with Gasteiger partial charge >= 0.3 is 5.63 Å². The average molecular weight is 348 g/mol. The Morgan fingerprint density at radius 3 is 2.54 bits per heavy atom. The molecule has 2 aromatic carbocycles. The monoisotopic (exact) mass is 348 g/mol. The molecule has 0 bridgehead atoms. The number of aryl methyl sites for hydroxylation is 1. The number of benzene rings is 2. The Hall–Kier alpha value is -3.01. The summed E-state index contributed by atoms with van der Waals surface area (Å²) in [6.45, 7) is 2.14. The zero-order valence-corrected chi connectivity index (χ0v) is 14.9. The average Bonchev–Trinajstić information content (AvgIpc) is 3.07. The first-order chi connectivity index (χ1) is 12.7. The molecule has 0 radical (unpaired) electrons. The third-order valence-electron chi connectivity index (χ3n) is 4.72. The van der Waals surface area contributed by atoms with Gasteiger partial charge in [0, 0.05) is 28.5 Å². The van der Waals surface area contributed by atoms with Crippen LogP contribution < -0.4 is 10.4 Å². The Kier molecular flexibility index (Phi) is 4.25. The van der Waals surface area contributed by atoms with E-state index in [1.54, 1.807) is 19.4 Å². The van der Waals surface area contributed by atoms with Gasteiger partial charge in [0.2, 0.25) is 0 Å². The van der Waals surface area contributed by atoms with Gasteiger partial charge in [0.1, 0.15) is 16.9 Å². The first-order valence-electron chi connectivity index (χ1n) is 8.82. The molecule has 0 unspecified atom stereocenters. The summed E-state index contributed by atoms with van der Waals surface area (Å²) >= 11 is 0. The van der Waals surface area contributed by atoms with E-state index in [9.17, 15) is 4.79 Å². The summed E-state index contributed by atoms with van der Waals surface area (Å²) in [4.78, 5) is 11.9. The largest absolute Gasteiger partial charge is 0.497 e. The molecule has 26 heavy (non-hydrogen) atoms. The van der Waals surface area contributed by atoms with Crippen molar-refractivity contribution >= 4 is 21.9 Å². The highest BCUT2D eigenvalue weighted by molar-refractivity contribution is 6.02. The summed E-state index contributed by atoms with van der Waals surface area (Å²) in [7, 11) is 1.65. The van der Waals surface area contributed by atoms with Gasteiger partial charge in [0.15, 0.2) is 0 Å². The van der Waals surface area contributed by atoms with Gasteiger partial charge in [-0.1, -0.05) is 25.5 Å². The van der Waals surface area contributed by atoms with Crippen molar-refractivity contribution in [3.05, 3.63) is 64.7 Å². The summed E-state index contributed by atoms with van der Waals surface area (Å²) in [5, 5.41) is 1.98. The van der Waals surface area contributed by atoms with E-state index >= 15 is 0 Å². The van der Waals surface area contributed by atoms with Crippen molar-refractivity contribution in [3.8, 4) is 16.9 Å². The van der Waals surface area contributed by atoms with Crippen LogP contribution in [0.4, 0.5) is 0 Å². The lowest BCUT2D eigenvalue weighted by atomic mass is 10.00. The lowest BCUT2D eigenvalue weighted by molar-refractivity contribution is 0.415. The van der Waals surface area contributed by atoms with Crippen molar-refractivity contribution in [2.45, 2.75) is 26.2 Å². The highest BCUT2D eigenvalue weighted by Crippen LogP contribution is 2.35. The lowest BCUT2D eigenvalue weighted by Crippen LogP contribution is -2.00. The van der Waals surface area contributed by atoms with Gasteiger partial charge in [-0.2, -0.15) is 0 Å². The molecule has 2 heterocycles. The van der Waals surface area contributed by atoms with Crippen LogP contribution in [0.15, 0.2) is 62.4 Å². The Bertz CT molecular complexity index is 1120. The number of methoxy groups -OCH3 is 1. The van der Waals surface area contributed by atoms with E-state index in [0.717, 1.165) is 52.5 Å². The topological polar surface area (TPSA) is 52.6 Å². The van der Waals surface area contributed by atoms with Gasteiger partial charge < -0.3 is 13.6 Å². The predicted molar refractivity (Wildman–Crippen MR) is 103 cm³/mol. The van der Waals surface area contributed by atoms with Gasteiger partial charge in [-0.3, -0.25) is 0 Å². The van der Waals surface area contributed by atoms with Crippen molar-refractivity contribution < 1.29 is 13.6 Å². The Morgan fingerprint density at radius 2 is 1.81 bits per heavy atom. The maximum Gasteiger partial charge on any atom is 0.336 e. The summed E-state index contributed by atoms with van der Waals surface area (Å²) in [6, 6.07) is 13.4. The molecule has 0 N–H and O–H groups in total. The molecule has 0 aliphatic carbocycles. The molecule has 0 atom stereocenters. The van der Waals surface area contributed by atoms with E-state index in [1.807, 2.05) is 30.3 Å². The summed E-state index contributed by atoms with van der Waals surface area (Å²) in [5.41, 5.74) is 4.06. The van der Waals surface area contributed by atoms with Gasteiger partial charge in [-0.25, -0.2) is 4.79 Å². The molecule has 0 aliphatic rings. The fourth-order valence-corrected chi connectivity index (χ4v) is 3.32. The second-order valence-corrected chi connectivity index (χ2v) is 6.42. The zero-order chi connectivity index (χ0) is 18.1. The maximum atomic E-state index is 11.9. The first kappa shape index (κ1) is 16.5. The molecule has 4 heteroatoms. The number of rotatable bonds is 5. The summed E-state index contributed by atoms with van der Waals surface area (Å²) in [6.07, 6.45) is 4.72. The third-order valence-corrected chi connectivity index (χ3v) is 4.72. The molecule has 0 saturated carbocycles. The summed E-state index contributed by atoms with van der Waals surface area (Å²) in [5.74, 6) is 0.815. The van der Waals surface area contributed by atoms with E-state index in [4.69, 9.17) is 13.6 Å². The second-order valence-electron chi connectivity index (χ2n) is 6.42. The number of hydrogen-bond donors (Lipinski definition) is 0. The van der Waals surface area contributed by atoms with E-state index in [2.05, 4.69) is 13.0 Å². The maximum absolute atomic E-state index is 11.9. The highest BCUT2D eigenvalue weighted by Gasteiger charge is 2.13. The number of fused-ring (bicyclic) bond motifs is 2. The van der Waals surface area contributed by atoms with Crippen LogP contribution in [0.5, 0.6) is 5.75 Å². The highest BCUT2D eigenvalue weighted by atomic mass is 16.5. The second kappa shape index (κ2) is 6.71. The van der Waals surface area contributed by atoms with Crippen molar-refractivity contribution in [1.82, 2.24) is 0 Å². The van der Waals surface area contributed by atoms with Gasteiger partial charge in [0.05, 0.1) is 13.4 Å².